The molecule has 8 heteroatoms. The molecule has 0 spiro atoms. The first-order chi connectivity index (χ1) is 17.7. The molecule has 0 aliphatic heterocycles. The smallest absolute Gasteiger partial charge is 1.00 e. The van der Waals surface area contributed by atoms with Gasteiger partial charge in [0.1, 0.15) is 0 Å². The first kappa shape index (κ1) is 44.2. The molecule has 0 nitrogen and oxygen atoms in total. The zero-order valence-corrected chi connectivity index (χ0v) is 31.9. The molecule has 0 aliphatic rings. The van der Waals surface area contributed by atoms with Crippen LogP contribution >= 0.6 is 0 Å². The monoisotopic (exact) mass is 726 g/mol. The van der Waals surface area contributed by atoms with Crippen LogP contribution in [0.25, 0.3) is 0 Å². The van der Waals surface area contributed by atoms with Crippen molar-refractivity contribution < 1.29 is 34.1 Å². The predicted octanol–water partition coefficient (Wildman–Crippen LogP) is 8.88. The van der Waals surface area contributed by atoms with E-state index in [2.05, 4.69) is 92.6 Å². The zero-order valence-electron chi connectivity index (χ0n) is 24.8. The zero-order chi connectivity index (χ0) is 29.7. The summed E-state index contributed by atoms with van der Waals surface area (Å²) >= 11 is 26.7. The van der Waals surface area contributed by atoms with Gasteiger partial charge in [0.2, 0.25) is 0 Å². The SMILES string of the molecule is Cc1c(C)c(C)[c-](C)c1C.Cc1c(C)c(C)[c-](C)c1C.[Fe+4].[Fe+4].[S-][S-].[S-]c1ccccc1[S-].[S-]c1ccccc1[S-]. The molecule has 0 N–H and O–H groups in total. The van der Waals surface area contributed by atoms with Gasteiger partial charge in [0.05, 0.1) is 0 Å². The molecule has 4 aromatic rings. The van der Waals surface area contributed by atoms with E-state index >= 15 is 0 Å². The number of benzene rings is 2. The Labute approximate surface area is 298 Å². The molecule has 0 aliphatic carbocycles. The molecule has 4 aromatic carbocycles. The van der Waals surface area contributed by atoms with Crippen LogP contribution in [0.5, 0.6) is 0 Å². The Morgan fingerprint density at radius 2 is 0.550 bits per heavy atom. The maximum absolute atomic E-state index is 4.85. The van der Waals surface area contributed by atoms with Gasteiger partial charge in [-0.2, -0.15) is 75.2 Å². The number of hydrogen-bond donors (Lipinski definition) is 0. The maximum atomic E-state index is 4.85. The second-order valence-electron chi connectivity index (χ2n) is 9.14. The Morgan fingerprint density at radius 3 is 0.625 bits per heavy atom. The van der Waals surface area contributed by atoms with Crippen LogP contribution in [0, 0.1) is 69.2 Å². The molecule has 40 heavy (non-hydrogen) atoms. The first-order valence-corrected chi connectivity index (χ1v) is 15.1. The molecular weight excluding hydrogens is 688 g/mol. The minimum atomic E-state index is 0. The normalized spacial score (nSPS) is 9.00. The summed E-state index contributed by atoms with van der Waals surface area (Å²) < 4.78 is 0. The fourth-order valence-electron chi connectivity index (χ4n) is 3.71. The van der Waals surface area contributed by atoms with Crippen LogP contribution in [-0.4, -0.2) is 0 Å². The van der Waals surface area contributed by atoms with Crippen LogP contribution in [0.2, 0.25) is 0 Å². The van der Waals surface area contributed by atoms with E-state index in [1.54, 1.807) is 0 Å². The van der Waals surface area contributed by atoms with Crippen molar-refractivity contribution >= 4 is 73.8 Å². The van der Waals surface area contributed by atoms with Crippen molar-refractivity contribution in [2.24, 2.45) is 0 Å². The van der Waals surface area contributed by atoms with E-state index in [0.717, 1.165) is 19.6 Å². The summed E-state index contributed by atoms with van der Waals surface area (Å²) in [6, 6.07) is 14.9. The fraction of sp³-hybridized carbons (Fsp3) is 0.312. The van der Waals surface area contributed by atoms with Gasteiger partial charge in [-0.3, -0.25) is 0 Å². The summed E-state index contributed by atoms with van der Waals surface area (Å²) in [5, 5.41) is 0. The van der Waals surface area contributed by atoms with E-state index in [4.69, 9.17) is 50.5 Å². The van der Waals surface area contributed by atoms with Crippen molar-refractivity contribution in [2.75, 3.05) is 0 Å². The third kappa shape index (κ3) is 13.4. The second-order valence-corrected chi connectivity index (χ2v) is 10.9. The van der Waals surface area contributed by atoms with Gasteiger partial charge in [0, 0.05) is 0 Å². The summed E-state index contributed by atoms with van der Waals surface area (Å²) in [4.78, 5) is 3.06. The van der Waals surface area contributed by atoms with Crippen LogP contribution < -0.4 is 0 Å². The average Bonchev–Trinajstić information content (AvgIpc) is 3.19. The summed E-state index contributed by atoms with van der Waals surface area (Å²) in [5.74, 6) is 0. The quantitative estimate of drug-likeness (QED) is 0.0764. The van der Waals surface area contributed by atoms with Gasteiger partial charge in [-0.1, -0.05) is 118 Å². The molecule has 0 bridgehead atoms. The van der Waals surface area contributed by atoms with Crippen LogP contribution in [0.1, 0.15) is 55.6 Å². The Bertz CT molecular complexity index is 987. The second kappa shape index (κ2) is 22.3. The van der Waals surface area contributed by atoms with E-state index < -0.39 is 0 Å². The van der Waals surface area contributed by atoms with Crippen LogP contribution in [0.3, 0.4) is 0 Å². The van der Waals surface area contributed by atoms with Gasteiger partial charge >= 0.3 is 34.1 Å². The van der Waals surface area contributed by atoms with E-state index in [1.807, 2.05) is 48.5 Å². The Morgan fingerprint density at radius 1 is 0.400 bits per heavy atom. The van der Waals surface area contributed by atoms with Gasteiger partial charge in [-0.15, -0.1) is 0 Å². The first-order valence-electron chi connectivity index (χ1n) is 12.1. The summed E-state index contributed by atoms with van der Waals surface area (Å²) in [5.41, 5.74) is 14.7. The average molecular weight is 727 g/mol. The summed E-state index contributed by atoms with van der Waals surface area (Å²) in [6.45, 7) is 22.0. The van der Waals surface area contributed by atoms with Crippen molar-refractivity contribution in [3.8, 4) is 0 Å². The van der Waals surface area contributed by atoms with Crippen molar-refractivity contribution in [1.82, 2.24) is 0 Å². The number of rotatable bonds is 0. The molecule has 0 radical (unpaired) electrons. The largest absolute Gasteiger partial charge is 4.00 e. The minimum Gasteiger partial charge on any atom is -1.00 e. The molecule has 0 fully saturated rings. The Hall–Kier alpha value is -0.241. The van der Waals surface area contributed by atoms with E-state index in [-0.39, 0.29) is 34.1 Å². The minimum absolute atomic E-state index is 0. The maximum Gasteiger partial charge on any atom is 4.00 e. The Balaban J connectivity index is -0.000000441. The van der Waals surface area contributed by atoms with E-state index in [9.17, 15) is 0 Å². The van der Waals surface area contributed by atoms with Crippen molar-refractivity contribution in [3.63, 3.8) is 0 Å². The third-order valence-electron chi connectivity index (χ3n) is 7.32. The summed E-state index contributed by atoms with van der Waals surface area (Å²) in [7, 11) is 0. The standard InChI is InChI=1S/2C10H15.2C6H6S2.2Fe.S2/c2*1-6-7(2)9(4)10(5)8(6)3;2*7-5-3-1-2-4-6(5)8;;;1-2/h2*1-5H3;2*1-4,7-8H;;;/q2*-1;;;2*+4;-2/p-4. The van der Waals surface area contributed by atoms with Gasteiger partial charge < -0.3 is 73.8 Å². The van der Waals surface area contributed by atoms with Gasteiger partial charge in [0.25, 0.3) is 0 Å². The molecule has 4 rings (SSSR count). The van der Waals surface area contributed by atoms with E-state index in [1.165, 1.54) is 55.6 Å². The molecule has 0 saturated carbocycles. The van der Waals surface area contributed by atoms with Gasteiger partial charge in [-0.25, -0.2) is 0 Å². The van der Waals surface area contributed by atoms with Crippen LogP contribution in [0.4, 0.5) is 0 Å². The number of hydrogen-bond acceptors (Lipinski definition) is 6. The molecule has 218 valence electrons. The third-order valence-corrected chi connectivity index (χ3v) is 9.01. The van der Waals surface area contributed by atoms with E-state index in [0.29, 0.717) is 0 Å². The topological polar surface area (TPSA) is 0 Å². The fourth-order valence-corrected chi connectivity index (χ4v) is 4.30. The Kier molecular flexibility index (Phi) is 24.7. The summed E-state index contributed by atoms with van der Waals surface area (Å²) in [6.07, 6.45) is 0. The molecule has 0 unspecified atom stereocenters. The van der Waals surface area contributed by atoms with Crippen molar-refractivity contribution in [3.05, 3.63) is 104 Å². The van der Waals surface area contributed by atoms with Crippen LogP contribution in [-0.2, 0) is 108 Å². The van der Waals surface area contributed by atoms with Crippen molar-refractivity contribution in [2.45, 2.75) is 88.8 Å². The molecule has 0 aromatic heterocycles. The predicted molar refractivity (Wildman–Crippen MR) is 182 cm³/mol. The molecule has 0 saturated heterocycles. The van der Waals surface area contributed by atoms with Gasteiger partial charge in [-0.05, 0) is 0 Å². The van der Waals surface area contributed by atoms with Crippen LogP contribution in [0.15, 0.2) is 68.1 Å². The molecule has 0 atom stereocenters. The molecule has 0 amide bonds. The molecule has 0 heterocycles. The van der Waals surface area contributed by atoms with Crippen molar-refractivity contribution in [1.29, 1.82) is 0 Å². The molecular formula is C32H38Fe2S6. The van der Waals surface area contributed by atoms with Gasteiger partial charge in [0.15, 0.2) is 0 Å².